The van der Waals surface area contributed by atoms with Crippen LogP contribution >= 0.6 is 15.9 Å². The normalized spacial score (nSPS) is 13.3. The molecule has 6 aromatic carbocycles. The first kappa shape index (κ1) is 79.9. The number of phenols is 1. The molecule has 26 heteroatoms. The topological polar surface area (TPSA) is 394 Å². The monoisotopic (exact) mass is 1440 g/mol. The number of hydrogen-bond donors (Lipinski definition) is 6. The first-order chi connectivity index (χ1) is 46.2. The van der Waals surface area contributed by atoms with E-state index in [-0.39, 0.29) is 127 Å². The second-order valence-electron chi connectivity index (χ2n) is 25.2. The van der Waals surface area contributed by atoms with Crippen molar-refractivity contribution in [3.8, 4) is 17.2 Å². The lowest BCUT2D eigenvalue weighted by atomic mass is 9.92. The number of primary amides is 2. The summed E-state index contributed by atoms with van der Waals surface area (Å²) in [6.45, 7) is 15.9. The van der Waals surface area contributed by atoms with Crippen LogP contribution in [0.15, 0.2) is 142 Å². The van der Waals surface area contributed by atoms with Gasteiger partial charge in [0.2, 0.25) is 11.8 Å². The number of nitrogen functional groups attached to an aromatic ring is 3. The largest absolute Gasteiger partial charge is 0.508 e. The van der Waals surface area contributed by atoms with Gasteiger partial charge < -0.3 is 52.7 Å². The van der Waals surface area contributed by atoms with E-state index in [1.54, 1.807) is 79.7 Å². The maximum Gasteiger partial charge on any atom is 0.306 e. The van der Waals surface area contributed by atoms with Crippen LogP contribution in [-0.4, -0.2) is 80.3 Å². The zero-order chi connectivity index (χ0) is 71.9. The lowest BCUT2D eigenvalue weighted by Crippen LogP contribution is -2.36. The van der Waals surface area contributed by atoms with Gasteiger partial charge in [0.1, 0.15) is 77.0 Å². The van der Waals surface area contributed by atoms with Gasteiger partial charge in [0.15, 0.2) is 5.78 Å². The number of nitrogens with zero attached hydrogens (tertiary/aromatic N) is 6. The number of nitrogens with two attached hydrogens (primary N) is 5. The number of ether oxygens (including phenoxy) is 4. The molecule has 1 saturated carbocycles. The summed E-state index contributed by atoms with van der Waals surface area (Å²) >= 11 is 3.36. The molecule has 1 fully saturated rings. The molecule has 25 nitrogen and oxygen atoms in total. The van der Waals surface area contributed by atoms with Crippen LogP contribution in [-0.2, 0) is 56.8 Å². The van der Waals surface area contributed by atoms with Gasteiger partial charge in [0, 0.05) is 61.0 Å². The number of Topliss-reactive ketones (excluding diaryl/α,β-unsaturated/α-hetero) is 2. The fraction of sp³-hybridized carbons (Fsp3) is 0.351. The lowest BCUT2D eigenvalue weighted by Gasteiger charge is -2.24. The molecular formula is C74H90BrN11O14. The Labute approximate surface area is 588 Å². The standard InChI is InChI=1S/C25H30N4O5.C22H21N3O4.C18H24N4O5.C7H7Br.2CH4/c1-15-28-19-13-17(33-14-16-8-6-5-7-9-16)12-18(26)22(19)24(32)29(15)20(23(27)31)10-11-21(30)34-25(2,3)4;1-13-24-18-11-16(29-12-14-5-3-2-4-6-14)10-17(23)21(18)22(28)25(13)19-8-7-15(26)9-20(19)27;1-9-21-12-8-10(23)7-11(19)15(12)17(26)22(9)13(16(20)25)5-6-14(24)27-18(2,3)4;8-6-7-4-2-1-3-5-7;;/h5-9,12-13,20H,10-11,14,26H2,1-4H3,(H2,27,31);2-6,10-11,19H,7-9,12,23H2,1H3;7-8,13,23H,5-6,19H2,1-4H3,(H2,20,25);1-5H,6H2;2*1H4/t20-;;13-;;;/m0.0.../s1. The number of amides is 2. The Hall–Kier alpha value is -10.8. The van der Waals surface area contributed by atoms with Crippen LogP contribution in [0.5, 0.6) is 17.2 Å². The van der Waals surface area contributed by atoms with Gasteiger partial charge >= 0.3 is 11.9 Å². The third-order valence-corrected chi connectivity index (χ3v) is 15.8. The van der Waals surface area contributed by atoms with Gasteiger partial charge in [-0.2, -0.15) is 0 Å². The minimum absolute atomic E-state index is 0. The zero-order valence-electron chi connectivity index (χ0n) is 56.1. The Balaban J connectivity index is 0.000000254. The second-order valence-corrected chi connectivity index (χ2v) is 25.8. The first-order valence-electron chi connectivity index (χ1n) is 31.4. The number of ketones is 2. The summed E-state index contributed by atoms with van der Waals surface area (Å²) in [4.78, 5) is 125. The number of fused-ring (bicyclic) bond motifs is 3. The van der Waals surface area contributed by atoms with E-state index in [2.05, 4.69) is 43.0 Å². The molecule has 100 heavy (non-hydrogen) atoms. The quantitative estimate of drug-likeness (QED) is 0.0201. The van der Waals surface area contributed by atoms with Gasteiger partial charge in [-0.1, -0.05) is 122 Å². The second kappa shape index (κ2) is 35.1. The number of esters is 2. The Kier molecular flexibility index (Phi) is 28.1. The minimum atomic E-state index is -1.09. The molecule has 2 amide bonds. The molecular weight excluding hydrogens is 1350 g/mol. The van der Waals surface area contributed by atoms with E-state index in [1.165, 1.54) is 33.8 Å². The van der Waals surface area contributed by atoms with Crippen molar-refractivity contribution in [1.82, 2.24) is 28.7 Å². The van der Waals surface area contributed by atoms with E-state index in [1.807, 2.05) is 78.9 Å². The molecule has 532 valence electrons. The van der Waals surface area contributed by atoms with Crippen molar-refractivity contribution in [2.24, 2.45) is 11.5 Å². The summed E-state index contributed by atoms with van der Waals surface area (Å²) in [6, 6.07) is 35.8. The third-order valence-electron chi connectivity index (χ3n) is 15.2. The Morgan fingerprint density at radius 1 is 0.550 bits per heavy atom. The van der Waals surface area contributed by atoms with E-state index in [0.29, 0.717) is 48.0 Å². The van der Waals surface area contributed by atoms with Crippen molar-refractivity contribution in [2.45, 2.75) is 170 Å². The molecule has 0 aliphatic heterocycles. The van der Waals surface area contributed by atoms with Crippen molar-refractivity contribution in [1.29, 1.82) is 0 Å². The number of carbonyl (C=O) groups excluding carboxylic acids is 6. The molecule has 3 atom stereocenters. The number of alkyl halides is 1. The van der Waals surface area contributed by atoms with E-state index >= 15 is 0 Å². The molecule has 1 aliphatic carbocycles. The van der Waals surface area contributed by atoms with Gasteiger partial charge in [-0.25, -0.2) is 15.0 Å². The van der Waals surface area contributed by atoms with Crippen LogP contribution in [0.1, 0.15) is 154 Å². The van der Waals surface area contributed by atoms with Crippen molar-refractivity contribution in [3.63, 3.8) is 0 Å². The number of aryl methyl sites for hydroxylation is 3. The number of anilines is 3. The summed E-state index contributed by atoms with van der Waals surface area (Å²) in [7, 11) is 0. The fourth-order valence-electron chi connectivity index (χ4n) is 10.9. The fourth-order valence-corrected chi connectivity index (χ4v) is 11.2. The van der Waals surface area contributed by atoms with Crippen molar-refractivity contribution >= 4 is 101 Å². The Morgan fingerprint density at radius 2 is 0.920 bits per heavy atom. The third kappa shape index (κ3) is 21.4. The van der Waals surface area contributed by atoms with Gasteiger partial charge in [0.25, 0.3) is 16.7 Å². The molecule has 0 bridgehead atoms. The molecule has 0 saturated heterocycles. The number of aromatic hydroxyl groups is 1. The highest BCUT2D eigenvalue weighted by atomic mass is 79.9. The minimum Gasteiger partial charge on any atom is -0.508 e. The van der Waals surface area contributed by atoms with E-state index in [4.69, 9.17) is 47.6 Å². The van der Waals surface area contributed by atoms with Crippen molar-refractivity contribution in [3.05, 3.63) is 193 Å². The van der Waals surface area contributed by atoms with Crippen LogP contribution in [0.3, 0.4) is 0 Å². The van der Waals surface area contributed by atoms with Crippen molar-refractivity contribution in [2.75, 3.05) is 17.2 Å². The SMILES string of the molecule is BrCc1ccccc1.C.C.Cc1nc2cc(O)cc(N)c2c(=O)n1[C@@H](CCC(=O)OC(C)(C)C)C(N)=O.Cc1nc2cc(OCc3ccccc3)cc(N)c2c(=O)n1C1CCC(=O)CC1=O.Cc1nc2cc(OCc3ccccc3)cc(N)c2c(=O)n1[C@@H](CCC(=O)OC(C)(C)C)C(N)=O. The highest BCUT2D eigenvalue weighted by molar-refractivity contribution is 9.08. The highest BCUT2D eigenvalue weighted by Crippen LogP contribution is 2.31. The molecule has 9 aromatic rings. The van der Waals surface area contributed by atoms with Gasteiger partial charge in [-0.05, 0) is 98.3 Å². The van der Waals surface area contributed by atoms with Crippen molar-refractivity contribution < 1.29 is 52.8 Å². The van der Waals surface area contributed by atoms with Crippen LogP contribution in [0.25, 0.3) is 32.7 Å². The number of halogens is 1. The number of aromatic nitrogens is 6. The predicted octanol–water partition coefficient (Wildman–Crippen LogP) is 10.7. The number of hydrogen-bond acceptors (Lipinski definition) is 20. The molecule has 11 N–H and O–H groups in total. The molecule has 1 aliphatic rings. The van der Waals surface area contributed by atoms with Crippen LogP contribution < -0.4 is 54.8 Å². The summed E-state index contributed by atoms with van der Waals surface area (Å²) in [5.41, 5.74) is 31.2. The van der Waals surface area contributed by atoms with Gasteiger partial charge in [0.05, 0.1) is 62.2 Å². The molecule has 1 unspecified atom stereocenters. The van der Waals surface area contributed by atoms with E-state index in [0.717, 1.165) is 21.0 Å². The Bertz CT molecular complexity index is 4610. The van der Waals surface area contributed by atoms with Gasteiger partial charge in [-0.3, -0.25) is 56.9 Å². The average molecular weight is 1440 g/mol. The summed E-state index contributed by atoms with van der Waals surface area (Å²) in [6.07, 6.45) is 0.241. The maximum absolute atomic E-state index is 13.4. The number of rotatable bonds is 18. The molecule has 3 aromatic heterocycles. The average Bonchev–Trinajstić information content (AvgIpc) is 0.783. The predicted molar refractivity (Wildman–Crippen MR) is 391 cm³/mol. The number of benzene rings is 6. The number of carbonyl (C=O) groups is 6. The zero-order valence-corrected chi connectivity index (χ0v) is 57.7. The smallest absolute Gasteiger partial charge is 0.306 e. The molecule has 3 heterocycles. The number of phenolic OH excluding ortho intramolecular Hbond substituents is 1. The molecule has 10 rings (SSSR count). The summed E-state index contributed by atoms with van der Waals surface area (Å²) < 4.78 is 25.9. The highest BCUT2D eigenvalue weighted by Gasteiger charge is 2.32. The van der Waals surface area contributed by atoms with E-state index < -0.39 is 64.2 Å². The maximum atomic E-state index is 13.4. The Morgan fingerprint density at radius 3 is 1.29 bits per heavy atom. The van der Waals surface area contributed by atoms with E-state index in [9.17, 15) is 48.3 Å². The van der Waals surface area contributed by atoms with Crippen LogP contribution in [0, 0.1) is 20.8 Å². The first-order valence-corrected chi connectivity index (χ1v) is 32.5. The van der Waals surface area contributed by atoms with Crippen LogP contribution in [0.2, 0.25) is 0 Å². The van der Waals surface area contributed by atoms with Crippen LogP contribution in [0.4, 0.5) is 17.1 Å². The lowest BCUT2D eigenvalue weighted by molar-refractivity contribution is -0.156. The molecule has 0 spiro atoms. The van der Waals surface area contributed by atoms with Gasteiger partial charge in [-0.15, -0.1) is 0 Å². The summed E-state index contributed by atoms with van der Waals surface area (Å²) in [5.74, 6) is -1.11. The summed E-state index contributed by atoms with van der Waals surface area (Å²) in [5, 5.41) is 11.1. The molecule has 0 radical (unpaired) electrons.